The number of carbonyl (C=O) groups is 1. The molecule has 118 valence electrons. The fourth-order valence-corrected chi connectivity index (χ4v) is 2.81. The number of imidazole rings is 1. The average Bonchev–Trinajstić information content (AvgIpc) is 2.91. The van der Waals surface area contributed by atoms with E-state index in [-0.39, 0.29) is 5.91 Å². The lowest BCUT2D eigenvalue weighted by molar-refractivity contribution is -0.121. The van der Waals surface area contributed by atoms with E-state index < -0.39 is 0 Å². The third-order valence-electron chi connectivity index (χ3n) is 4.00. The van der Waals surface area contributed by atoms with Crippen molar-refractivity contribution in [2.45, 2.75) is 65.1 Å². The summed E-state index contributed by atoms with van der Waals surface area (Å²) in [5.41, 5.74) is 1.21. The van der Waals surface area contributed by atoms with Gasteiger partial charge in [-0.05, 0) is 32.1 Å². The Kier molecular flexibility index (Phi) is 5.79. The third kappa shape index (κ3) is 4.84. The molecule has 2 heterocycles. The van der Waals surface area contributed by atoms with Gasteiger partial charge in [-0.1, -0.05) is 13.8 Å². The van der Waals surface area contributed by atoms with Gasteiger partial charge < -0.3 is 15.2 Å². The quantitative estimate of drug-likeness (QED) is 0.845. The Labute approximate surface area is 127 Å². The monoisotopic (exact) mass is 292 g/mol. The molecule has 1 fully saturated rings. The maximum absolute atomic E-state index is 11.8. The van der Waals surface area contributed by atoms with E-state index in [4.69, 9.17) is 0 Å². The Morgan fingerprint density at radius 3 is 3.05 bits per heavy atom. The summed E-state index contributed by atoms with van der Waals surface area (Å²) >= 11 is 0. The van der Waals surface area contributed by atoms with E-state index in [1.807, 2.05) is 12.5 Å². The van der Waals surface area contributed by atoms with E-state index in [0.717, 1.165) is 13.0 Å². The number of hydrogen-bond acceptors (Lipinski definition) is 3. The van der Waals surface area contributed by atoms with Crippen molar-refractivity contribution in [1.82, 2.24) is 20.2 Å². The minimum atomic E-state index is 0.119. The highest BCUT2D eigenvalue weighted by atomic mass is 16.1. The molecule has 1 aliphatic rings. The lowest BCUT2D eigenvalue weighted by atomic mass is 9.97. The lowest BCUT2D eigenvalue weighted by Crippen LogP contribution is -2.35. The molecule has 2 unspecified atom stereocenters. The summed E-state index contributed by atoms with van der Waals surface area (Å²) in [5, 5.41) is 6.59. The second kappa shape index (κ2) is 7.59. The molecular weight excluding hydrogens is 264 g/mol. The van der Waals surface area contributed by atoms with Gasteiger partial charge in [-0.15, -0.1) is 0 Å². The van der Waals surface area contributed by atoms with Crippen molar-refractivity contribution in [1.29, 1.82) is 0 Å². The van der Waals surface area contributed by atoms with E-state index in [0.29, 0.717) is 31.0 Å². The van der Waals surface area contributed by atoms with Gasteiger partial charge in [0.05, 0.1) is 12.0 Å². The maximum Gasteiger partial charge on any atom is 0.221 e. The summed E-state index contributed by atoms with van der Waals surface area (Å²) < 4.78 is 2.12. The number of piperidine rings is 1. The summed E-state index contributed by atoms with van der Waals surface area (Å²) in [4.78, 5) is 16.1. The summed E-state index contributed by atoms with van der Waals surface area (Å²) in [5.74, 6) is 0.610. The fraction of sp³-hybridized carbons (Fsp3) is 0.750. The zero-order valence-electron chi connectivity index (χ0n) is 13.4. The normalized spacial score (nSPS) is 22.5. The van der Waals surface area contributed by atoms with Crippen molar-refractivity contribution in [2.24, 2.45) is 5.92 Å². The van der Waals surface area contributed by atoms with E-state index in [2.05, 4.69) is 41.0 Å². The van der Waals surface area contributed by atoms with Crippen LogP contribution in [-0.2, 0) is 11.3 Å². The predicted octanol–water partition coefficient (Wildman–Crippen LogP) is 2.25. The van der Waals surface area contributed by atoms with Crippen LogP contribution in [0.3, 0.4) is 0 Å². The van der Waals surface area contributed by atoms with Gasteiger partial charge in [-0.3, -0.25) is 4.79 Å². The number of aryl methyl sites for hydroxylation is 1. The number of hydrogen-bond donors (Lipinski definition) is 2. The average molecular weight is 292 g/mol. The Balaban J connectivity index is 1.87. The summed E-state index contributed by atoms with van der Waals surface area (Å²) in [6, 6.07) is 0.927. The van der Waals surface area contributed by atoms with Crippen molar-refractivity contribution in [3.05, 3.63) is 18.2 Å². The molecule has 0 aromatic carbocycles. The van der Waals surface area contributed by atoms with E-state index in [1.165, 1.54) is 18.5 Å². The van der Waals surface area contributed by atoms with Crippen LogP contribution in [0.1, 0.15) is 58.2 Å². The van der Waals surface area contributed by atoms with Crippen molar-refractivity contribution in [3.8, 4) is 0 Å². The first-order chi connectivity index (χ1) is 10.1. The van der Waals surface area contributed by atoms with Crippen LogP contribution in [0, 0.1) is 5.92 Å². The van der Waals surface area contributed by atoms with Gasteiger partial charge in [0.2, 0.25) is 5.91 Å². The van der Waals surface area contributed by atoms with Gasteiger partial charge >= 0.3 is 0 Å². The Morgan fingerprint density at radius 1 is 1.52 bits per heavy atom. The second-order valence-corrected chi connectivity index (χ2v) is 6.51. The first kappa shape index (κ1) is 16.0. The molecule has 2 atom stereocenters. The van der Waals surface area contributed by atoms with E-state index in [9.17, 15) is 4.79 Å². The molecule has 0 spiro atoms. The molecule has 0 radical (unpaired) electrons. The van der Waals surface area contributed by atoms with Crippen LogP contribution in [0.5, 0.6) is 0 Å². The predicted molar refractivity (Wildman–Crippen MR) is 83.9 cm³/mol. The molecule has 0 saturated carbocycles. The molecule has 2 N–H and O–H groups in total. The lowest BCUT2D eigenvalue weighted by Gasteiger charge is -2.29. The van der Waals surface area contributed by atoms with Crippen LogP contribution in [0.2, 0.25) is 0 Å². The summed E-state index contributed by atoms with van der Waals surface area (Å²) in [6.07, 6.45) is 7.92. The largest absolute Gasteiger partial charge is 0.356 e. The van der Waals surface area contributed by atoms with Crippen LogP contribution in [0.25, 0.3) is 0 Å². The highest BCUT2D eigenvalue weighted by Crippen LogP contribution is 2.25. The van der Waals surface area contributed by atoms with Crippen LogP contribution < -0.4 is 10.6 Å². The van der Waals surface area contributed by atoms with Crippen molar-refractivity contribution >= 4 is 5.91 Å². The van der Waals surface area contributed by atoms with E-state index >= 15 is 0 Å². The minimum Gasteiger partial charge on any atom is -0.356 e. The number of nitrogens with one attached hydrogen (secondary N) is 2. The van der Waals surface area contributed by atoms with E-state index in [1.54, 1.807) is 0 Å². The molecular formula is C16H28N4O. The molecule has 5 heteroatoms. The van der Waals surface area contributed by atoms with Crippen LogP contribution >= 0.6 is 0 Å². The molecule has 0 aliphatic carbocycles. The topological polar surface area (TPSA) is 59.0 Å². The smallest absolute Gasteiger partial charge is 0.221 e. The Hall–Kier alpha value is -1.36. The molecule has 1 aromatic heterocycles. The maximum atomic E-state index is 11.8. The molecule has 2 rings (SSSR count). The van der Waals surface area contributed by atoms with Gasteiger partial charge in [0.1, 0.15) is 0 Å². The van der Waals surface area contributed by atoms with Gasteiger partial charge in [0, 0.05) is 37.8 Å². The molecule has 0 bridgehead atoms. The molecule has 1 saturated heterocycles. The fourth-order valence-electron chi connectivity index (χ4n) is 2.81. The number of amides is 1. The molecule has 1 amide bonds. The van der Waals surface area contributed by atoms with Crippen molar-refractivity contribution in [3.63, 3.8) is 0 Å². The third-order valence-corrected chi connectivity index (χ3v) is 4.00. The standard InChI is InChI=1S/C16H28N4O/c1-12(2)9-18-16(21)7-8-20-11-17-10-15(20)14-6-4-5-13(3)19-14/h10-14,19H,4-9H2,1-3H3,(H,18,21). The number of nitrogens with zero attached hydrogens (tertiary/aromatic N) is 2. The zero-order chi connectivity index (χ0) is 15.2. The van der Waals surface area contributed by atoms with Gasteiger partial charge in [-0.25, -0.2) is 4.98 Å². The minimum absolute atomic E-state index is 0.119. The number of carbonyl (C=O) groups excluding carboxylic acids is 1. The molecule has 21 heavy (non-hydrogen) atoms. The van der Waals surface area contributed by atoms with Crippen molar-refractivity contribution in [2.75, 3.05) is 6.54 Å². The van der Waals surface area contributed by atoms with Gasteiger partial charge in [0.15, 0.2) is 0 Å². The SMILES string of the molecule is CC(C)CNC(=O)CCn1cncc1C1CCCC(C)N1. The highest BCUT2D eigenvalue weighted by molar-refractivity contribution is 5.75. The van der Waals surface area contributed by atoms with Crippen LogP contribution in [0.15, 0.2) is 12.5 Å². The van der Waals surface area contributed by atoms with Gasteiger partial charge in [-0.2, -0.15) is 0 Å². The summed E-state index contributed by atoms with van der Waals surface area (Å²) in [7, 11) is 0. The van der Waals surface area contributed by atoms with Crippen LogP contribution in [-0.4, -0.2) is 28.0 Å². The van der Waals surface area contributed by atoms with Crippen LogP contribution in [0.4, 0.5) is 0 Å². The Bertz CT molecular complexity index is 455. The first-order valence-electron chi connectivity index (χ1n) is 8.09. The number of aromatic nitrogens is 2. The second-order valence-electron chi connectivity index (χ2n) is 6.51. The molecule has 5 nitrogen and oxygen atoms in total. The summed E-state index contributed by atoms with van der Waals surface area (Å²) in [6.45, 7) is 7.88. The molecule has 1 aliphatic heterocycles. The zero-order valence-corrected chi connectivity index (χ0v) is 13.4. The number of rotatable bonds is 6. The first-order valence-corrected chi connectivity index (χ1v) is 8.09. The Morgan fingerprint density at radius 2 is 2.33 bits per heavy atom. The molecule has 1 aromatic rings. The van der Waals surface area contributed by atoms with Crippen molar-refractivity contribution < 1.29 is 4.79 Å². The van der Waals surface area contributed by atoms with Gasteiger partial charge in [0.25, 0.3) is 0 Å². The highest BCUT2D eigenvalue weighted by Gasteiger charge is 2.22.